The molecule has 6 heteroatoms. The molecular weight excluding hydrogens is 209 g/mol. The fraction of sp³-hybridized carbons (Fsp3) is 0. The van der Waals surface area contributed by atoms with Crippen LogP contribution in [0.3, 0.4) is 0 Å². The Morgan fingerprint density at radius 3 is 2.27 bits per heavy atom. The van der Waals surface area contributed by atoms with Gasteiger partial charge in [-0.3, -0.25) is 4.98 Å². The summed E-state index contributed by atoms with van der Waals surface area (Å²) >= 11 is 0. The second kappa shape index (κ2) is 4.77. The Balaban J connectivity index is 0.000000195. The van der Waals surface area contributed by atoms with Crippen molar-refractivity contribution in [3.63, 3.8) is 0 Å². The fourth-order valence-electron chi connectivity index (χ4n) is 0.953. The lowest BCUT2D eigenvalue weighted by Gasteiger charge is -1.94. The molecule has 0 N–H and O–H groups in total. The normalized spacial score (nSPS) is 10.7. The number of nitrogens with zero attached hydrogens (tertiary/aromatic N) is 1. The molecule has 1 heterocycles. The molecule has 0 saturated heterocycles. The lowest BCUT2D eigenvalue weighted by Crippen LogP contribution is -2.02. The van der Waals surface area contributed by atoms with Gasteiger partial charge in [-0.25, -0.2) is 0 Å². The summed E-state index contributed by atoms with van der Waals surface area (Å²) in [5.41, 5.74) is 1.00. The van der Waals surface area contributed by atoms with Crippen molar-refractivity contribution in [1.82, 2.24) is 4.98 Å². The Hall–Kier alpha value is -1.59. The van der Waals surface area contributed by atoms with Crippen LogP contribution in [0.2, 0.25) is 0 Å². The quantitative estimate of drug-likeness (QED) is 0.485. The minimum atomic E-state index is -6.00. The minimum absolute atomic E-state index is 1.00. The molecule has 0 amide bonds. The molecule has 1 aromatic carbocycles. The maximum absolute atomic E-state index is 9.75. The Labute approximate surface area is 83.9 Å². The zero-order valence-corrected chi connectivity index (χ0v) is 7.50. The summed E-state index contributed by atoms with van der Waals surface area (Å²) < 4.78 is 39.0. The zero-order chi connectivity index (χ0) is 11.3. The first kappa shape index (κ1) is 11.5. The van der Waals surface area contributed by atoms with E-state index in [0.717, 1.165) is 10.9 Å². The molecule has 1 nitrogen and oxygen atoms in total. The second-order valence-corrected chi connectivity index (χ2v) is 2.60. The van der Waals surface area contributed by atoms with E-state index in [-0.39, 0.29) is 0 Å². The molecule has 0 aliphatic heterocycles. The molecule has 0 bridgehead atoms. The van der Waals surface area contributed by atoms with Crippen LogP contribution in [-0.2, 0) is 0 Å². The summed E-state index contributed by atoms with van der Waals surface area (Å²) in [5.74, 6) is 0. The van der Waals surface area contributed by atoms with Crippen LogP contribution in [0, 0.1) is 6.07 Å². The standard InChI is InChI=1S/C9H6N.BF4/c1-2-6-9-8(4-1)5-3-7-10-9;2-1(3,4)5/h1-4,6-7H;/q;-1. The van der Waals surface area contributed by atoms with Crippen molar-refractivity contribution < 1.29 is 17.3 Å². The summed E-state index contributed by atoms with van der Waals surface area (Å²) in [6, 6.07) is 12.9. The van der Waals surface area contributed by atoms with E-state index < -0.39 is 7.25 Å². The average molecular weight is 215 g/mol. The van der Waals surface area contributed by atoms with E-state index in [9.17, 15) is 17.3 Å². The van der Waals surface area contributed by atoms with Crippen LogP contribution in [0.15, 0.2) is 36.5 Å². The highest BCUT2D eigenvalue weighted by Gasteiger charge is 2.20. The Morgan fingerprint density at radius 2 is 1.67 bits per heavy atom. The third kappa shape index (κ3) is 5.00. The maximum atomic E-state index is 9.75. The number of hydrogen-bond donors (Lipinski definition) is 0. The van der Waals surface area contributed by atoms with Gasteiger partial charge in [0.25, 0.3) is 0 Å². The van der Waals surface area contributed by atoms with Crippen molar-refractivity contribution in [2.45, 2.75) is 0 Å². The van der Waals surface area contributed by atoms with Gasteiger partial charge in [-0.1, -0.05) is 18.2 Å². The predicted molar refractivity (Wildman–Crippen MR) is 50.8 cm³/mol. The monoisotopic (exact) mass is 215 g/mol. The summed E-state index contributed by atoms with van der Waals surface area (Å²) in [4.78, 5) is 4.15. The van der Waals surface area contributed by atoms with Gasteiger partial charge in [0.1, 0.15) is 0 Å². The van der Waals surface area contributed by atoms with Crippen LogP contribution in [0.5, 0.6) is 0 Å². The Bertz CT molecular complexity index is 358. The van der Waals surface area contributed by atoms with Gasteiger partial charge in [0.15, 0.2) is 0 Å². The van der Waals surface area contributed by atoms with Crippen molar-refractivity contribution >= 4 is 18.2 Å². The van der Waals surface area contributed by atoms with E-state index in [1.54, 1.807) is 6.20 Å². The largest absolute Gasteiger partial charge is 0.673 e. The van der Waals surface area contributed by atoms with Crippen molar-refractivity contribution in [3.05, 3.63) is 42.6 Å². The van der Waals surface area contributed by atoms with Gasteiger partial charge in [0.05, 0.1) is 5.52 Å². The molecule has 0 fully saturated rings. The topological polar surface area (TPSA) is 12.9 Å². The molecule has 0 unspecified atom stereocenters. The molecule has 0 atom stereocenters. The first-order chi connectivity index (χ1) is 6.97. The van der Waals surface area contributed by atoms with Crippen molar-refractivity contribution in [1.29, 1.82) is 0 Å². The van der Waals surface area contributed by atoms with Gasteiger partial charge >= 0.3 is 7.25 Å². The zero-order valence-electron chi connectivity index (χ0n) is 7.50. The van der Waals surface area contributed by atoms with Gasteiger partial charge in [0, 0.05) is 11.6 Å². The first-order valence-corrected chi connectivity index (χ1v) is 4.05. The Morgan fingerprint density at radius 1 is 1.07 bits per heavy atom. The highest BCUT2D eigenvalue weighted by Crippen LogP contribution is 2.07. The van der Waals surface area contributed by atoms with Crippen LogP contribution in [0.4, 0.5) is 17.3 Å². The molecule has 15 heavy (non-hydrogen) atoms. The molecule has 1 radical (unpaired) electrons. The smallest absolute Gasteiger partial charge is 0.418 e. The van der Waals surface area contributed by atoms with E-state index in [2.05, 4.69) is 11.1 Å². The van der Waals surface area contributed by atoms with E-state index in [4.69, 9.17) is 0 Å². The van der Waals surface area contributed by atoms with Crippen LogP contribution >= 0.6 is 0 Å². The molecule has 1 aromatic heterocycles. The number of aromatic nitrogens is 1. The number of pyridine rings is 1. The van der Waals surface area contributed by atoms with Gasteiger partial charge in [-0.15, -0.1) is 0 Å². The lowest BCUT2D eigenvalue weighted by molar-refractivity contribution is 0.368. The maximum Gasteiger partial charge on any atom is 0.673 e. The van der Waals surface area contributed by atoms with Crippen LogP contribution < -0.4 is 0 Å². The highest BCUT2D eigenvalue weighted by molar-refractivity contribution is 6.50. The summed E-state index contributed by atoms with van der Waals surface area (Å²) in [6.07, 6.45) is 1.75. The van der Waals surface area contributed by atoms with Gasteiger partial charge in [-0.05, 0) is 18.2 Å². The molecule has 2 aromatic rings. The first-order valence-electron chi connectivity index (χ1n) is 4.05. The van der Waals surface area contributed by atoms with E-state index in [0.29, 0.717) is 0 Å². The van der Waals surface area contributed by atoms with Crippen molar-refractivity contribution in [3.8, 4) is 0 Å². The predicted octanol–water partition coefficient (Wildman–Crippen LogP) is 3.33. The number of fused-ring (bicyclic) bond motifs is 1. The van der Waals surface area contributed by atoms with Crippen molar-refractivity contribution in [2.75, 3.05) is 0 Å². The highest BCUT2D eigenvalue weighted by atomic mass is 19.5. The number of benzene rings is 1. The van der Waals surface area contributed by atoms with E-state index >= 15 is 0 Å². The molecule has 0 saturated carbocycles. The van der Waals surface area contributed by atoms with Crippen LogP contribution in [0.1, 0.15) is 0 Å². The van der Waals surface area contributed by atoms with E-state index in [1.165, 1.54) is 0 Å². The molecule has 79 valence electrons. The minimum Gasteiger partial charge on any atom is -0.418 e. The average Bonchev–Trinajstić information content (AvgIpc) is 2.16. The lowest BCUT2D eigenvalue weighted by atomic mass is 10.2. The number of para-hydroxylation sites is 1. The van der Waals surface area contributed by atoms with Crippen LogP contribution in [-0.4, -0.2) is 12.2 Å². The summed E-state index contributed by atoms with van der Waals surface area (Å²) in [7, 11) is -6.00. The third-order valence-corrected chi connectivity index (χ3v) is 1.43. The molecule has 0 aliphatic carbocycles. The molecule has 2 rings (SSSR count). The molecule has 0 spiro atoms. The van der Waals surface area contributed by atoms with E-state index in [1.807, 2.05) is 30.3 Å². The summed E-state index contributed by atoms with van der Waals surface area (Å²) in [6.45, 7) is 0. The second-order valence-electron chi connectivity index (χ2n) is 2.60. The number of halogens is 4. The number of rotatable bonds is 0. The van der Waals surface area contributed by atoms with Gasteiger partial charge in [0.2, 0.25) is 0 Å². The van der Waals surface area contributed by atoms with Crippen LogP contribution in [0.25, 0.3) is 10.9 Å². The fourth-order valence-corrected chi connectivity index (χ4v) is 0.953. The summed E-state index contributed by atoms with van der Waals surface area (Å²) in [5, 5.41) is 1.07. The number of hydrogen-bond acceptors (Lipinski definition) is 1. The SMILES string of the molecule is F[B-](F)(F)F.[c]1ccnc2ccccc12. The molecule has 0 aliphatic rings. The third-order valence-electron chi connectivity index (χ3n) is 1.43. The Kier molecular flexibility index (Phi) is 3.65. The van der Waals surface area contributed by atoms with Gasteiger partial charge in [-0.2, -0.15) is 0 Å². The molecular formula is C9H6BF4N-. The van der Waals surface area contributed by atoms with Gasteiger partial charge < -0.3 is 17.3 Å². The van der Waals surface area contributed by atoms with Crippen molar-refractivity contribution in [2.24, 2.45) is 0 Å².